The molecule has 0 atom stereocenters. The van der Waals surface area contributed by atoms with Gasteiger partial charge in [-0.15, -0.1) is 11.6 Å². The van der Waals surface area contributed by atoms with Gasteiger partial charge >= 0.3 is 0 Å². The van der Waals surface area contributed by atoms with Crippen LogP contribution in [0.25, 0.3) is 0 Å². The molecule has 1 aromatic heterocycles. The molecule has 0 aliphatic carbocycles. The molecule has 126 valence electrons. The van der Waals surface area contributed by atoms with E-state index in [1.54, 1.807) is 0 Å². The zero-order valence-corrected chi connectivity index (χ0v) is 15.2. The second-order valence-corrected chi connectivity index (χ2v) is 5.59. The molecule has 0 bridgehead atoms. The average molecular weight is 335 g/mol. The minimum absolute atomic E-state index is 0.285. The van der Waals surface area contributed by atoms with Gasteiger partial charge in [0.1, 0.15) is 11.8 Å². The summed E-state index contributed by atoms with van der Waals surface area (Å²) in [6, 6.07) is 4.29. The van der Waals surface area contributed by atoms with Crippen molar-refractivity contribution in [1.29, 1.82) is 0 Å². The molecule has 0 radical (unpaired) electrons. The van der Waals surface area contributed by atoms with Crippen LogP contribution in [0.2, 0.25) is 0 Å². The average Bonchev–Trinajstić information content (AvgIpc) is 2.55. The van der Waals surface area contributed by atoms with Crippen LogP contribution in [0.4, 0.5) is 5.82 Å². The molecular formula is C18H27ClN4. The number of pyridine rings is 1. The maximum absolute atomic E-state index is 5.69. The van der Waals surface area contributed by atoms with Crippen LogP contribution in [0, 0.1) is 6.92 Å². The molecule has 0 unspecified atom stereocenters. The molecule has 1 N–H and O–H groups in total. The van der Waals surface area contributed by atoms with Gasteiger partial charge < -0.3 is 5.32 Å². The normalized spacial score (nSPS) is 12.8. The van der Waals surface area contributed by atoms with Gasteiger partial charge in [-0.3, -0.25) is 9.98 Å². The number of unbranched alkanes of at least 4 members (excludes halogenated alkanes) is 1. The Bertz CT molecular complexity index is 564. The quantitative estimate of drug-likeness (QED) is 0.283. The zero-order chi connectivity index (χ0) is 17.1. The summed E-state index contributed by atoms with van der Waals surface area (Å²) in [6.07, 6.45) is 5.71. The van der Waals surface area contributed by atoms with Gasteiger partial charge in [-0.05, 0) is 63.5 Å². The molecular weight excluding hydrogens is 308 g/mol. The van der Waals surface area contributed by atoms with E-state index in [0.29, 0.717) is 0 Å². The fourth-order valence-corrected chi connectivity index (χ4v) is 2.65. The number of hydrogen-bond acceptors (Lipinski definition) is 4. The highest BCUT2D eigenvalue weighted by molar-refractivity contribution is 6.18. The van der Waals surface area contributed by atoms with Crippen molar-refractivity contribution >= 4 is 29.8 Å². The Labute approximate surface area is 144 Å². The molecule has 4 nitrogen and oxygen atoms in total. The third-order valence-corrected chi connectivity index (χ3v) is 3.89. The topological polar surface area (TPSA) is 49.6 Å². The lowest BCUT2D eigenvalue weighted by Crippen LogP contribution is -2.05. The predicted octanol–water partition coefficient (Wildman–Crippen LogP) is 4.99. The summed E-state index contributed by atoms with van der Waals surface area (Å²) in [5.41, 5.74) is 4.33. The van der Waals surface area contributed by atoms with Crippen LogP contribution in [0.3, 0.4) is 0 Å². The van der Waals surface area contributed by atoms with Gasteiger partial charge in [0.2, 0.25) is 0 Å². The minimum Gasteiger partial charge on any atom is -0.370 e. The third kappa shape index (κ3) is 6.53. The molecule has 0 fully saturated rings. The largest absolute Gasteiger partial charge is 0.370 e. The Kier molecular flexibility index (Phi) is 9.22. The van der Waals surface area contributed by atoms with Gasteiger partial charge in [0, 0.05) is 24.2 Å². The minimum atomic E-state index is 0.285. The molecule has 23 heavy (non-hydrogen) atoms. The van der Waals surface area contributed by atoms with E-state index in [1.807, 2.05) is 19.2 Å². The SMILES string of the molecule is C=N/C(CCCCNc1ncccc1C)=C(CC)\C(C)=N/CCl. The van der Waals surface area contributed by atoms with Crippen molar-refractivity contribution in [3.63, 3.8) is 0 Å². The lowest BCUT2D eigenvalue weighted by atomic mass is 10.0. The molecule has 0 saturated heterocycles. The number of aromatic nitrogens is 1. The van der Waals surface area contributed by atoms with Crippen molar-refractivity contribution in [3.05, 3.63) is 35.2 Å². The van der Waals surface area contributed by atoms with Crippen molar-refractivity contribution in [3.8, 4) is 0 Å². The van der Waals surface area contributed by atoms with Crippen molar-refractivity contribution in [2.75, 3.05) is 17.9 Å². The third-order valence-electron chi connectivity index (χ3n) is 3.77. The standard InChI is InChI=1S/C18H27ClN4/c1-5-16(15(3)23-13-19)17(20-4)10-6-7-11-21-18-14(2)9-8-12-22-18/h8-9,12H,4-7,10-11,13H2,1-3H3,(H,21,22)/b17-16-,23-15-. The summed E-state index contributed by atoms with van der Waals surface area (Å²) in [7, 11) is 0. The number of aryl methyl sites for hydroxylation is 1. The van der Waals surface area contributed by atoms with Gasteiger partial charge in [0.05, 0.1) is 0 Å². The van der Waals surface area contributed by atoms with E-state index in [4.69, 9.17) is 11.6 Å². The van der Waals surface area contributed by atoms with Gasteiger partial charge in [-0.2, -0.15) is 0 Å². The highest BCUT2D eigenvalue weighted by atomic mass is 35.5. The van der Waals surface area contributed by atoms with Crippen LogP contribution in [0.5, 0.6) is 0 Å². The number of nitrogens with one attached hydrogen (secondary N) is 1. The van der Waals surface area contributed by atoms with E-state index in [9.17, 15) is 0 Å². The highest BCUT2D eigenvalue weighted by Gasteiger charge is 2.07. The fourth-order valence-electron chi connectivity index (χ4n) is 2.47. The first-order valence-corrected chi connectivity index (χ1v) is 8.59. The first-order valence-electron chi connectivity index (χ1n) is 8.05. The summed E-state index contributed by atoms with van der Waals surface area (Å²) in [5.74, 6) is 0.962. The van der Waals surface area contributed by atoms with Crippen molar-refractivity contribution in [1.82, 2.24) is 4.98 Å². The van der Waals surface area contributed by atoms with Crippen LogP contribution >= 0.6 is 11.6 Å². The van der Waals surface area contributed by atoms with Crippen LogP contribution < -0.4 is 5.32 Å². The first-order chi connectivity index (χ1) is 11.1. The number of aliphatic imine (C=N–C) groups is 2. The lowest BCUT2D eigenvalue weighted by molar-refractivity contribution is 0.746. The number of halogens is 1. The molecule has 0 amide bonds. The number of allylic oxidation sites excluding steroid dienone is 2. The van der Waals surface area contributed by atoms with Crippen LogP contribution in [-0.4, -0.2) is 30.0 Å². The molecule has 5 heteroatoms. The van der Waals surface area contributed by atoms with Crippen LogP contribution in [0.15, 0.2) is 39.6 Å². The Morgan fingerprint density at radius 3 is 2.78 bits per heavy atom. The van der Waals surface area contributed by atoms with Crippen molar-refractivity contribution in [2.45, 2.75) is 46.5 Å². The number of alkyl halides is 1. The maximum Gasteiger partial charge on any atom is 0.128 e. The second kappa shape index (κ2) is 10.9. The smallest absolute Gasteiger partial charge is 0.128 e. The Morgan fingerprint density at radius 1 is 1.39 bits per heavy atom. The molecule has 0 aromatic carbocycles. The molecule has 1 heterocycles. The Balaban J connectivity index is 2.50. The molecule has 0 aliphatic heterocycles. The number of anilines is 1. The van der Waals surface area contributed by atoms with Gasteiger partial charge in [-0.25, -0.2) is 4.98 Å². The molecule has 0 saturated carbocycles. The van der Waals surface area contributed by atoms with E-state index in [0.717, 1.165) is 55.0 Å². The van der Waals surface area contributed by atoms with E-state index in [-0.39, 0.29) is 6.00 Å². The zero-order valence-electron chi connectivity index (χ0n) is 14.4. The molecule has 1 rings (SSSR count). The summed E-state index contributed by atoms with van der Waals surface area (Å²) in [6.45, 7) is 10.8. The van der Waals surface area contributed by atoms with E-state index in [1.165, 1.54) is 5.56 Å². The first kappa shape index (κ1) is 19.4. The van der Waals surface area contributed by atoms with Gasteiger partial charge in [0.15, 0.2) is 0 Å². The van der Waals surface area contributed by atoms with Crippen LogP contribution in [-0.2, 0) is 0 Å². The van der Waals surface area contributed by atoms with Crippen LogP contribution in [0.1, 0.15) is 45.1 Å². The van der Waals surface area contributed by atoms with E-state index in [2.05, 4.69) is 46.9 Å². The molecule has 0 spiro atoms. The number of nitrogens with zero attached hydrogens (tertiary/aromatic N) is 3. The van der Waals surface area contributed by atoms with E-state index < -0.39 is 0 Å². The maximum atomic E-state index is 5.69. The van der Waals surface area contributed by atoms with E-state index >= 15 is 0 Å². The molecule has 0 aliphatic rings. The molecule has 1 aromatic rings. The summed E-state index contributed by atoms with van der Waals surface area (Å²) >= 11 is 5.69. The number of hydrogen-bond donors (Lipinski definition) is 1. The predicted molar refractivity (Wildman–Crippen MR) is 102 cm³/mol. The fraction of sp³-hybridized carbons (Fsp3) is 0.500. The summed E-state index contributed by atoms with van der Waals surface area (Å²) < 4.78 is 0. The van der Waals surface area contributed by atoms with Gasteiger partial charge in [-0.1, -0.05) is 13.0 Å². The Hall–Kier alpha value is -1.68. The highest BCUT2D eigenvalue weighted by Crippen LogP contribution is 2.18. The summed E-state index contributed by atoms with van der Waals surface area (Å²) in [5, 5.41) is 3.38. The van der Waals surface area contributed by atoms with Crippen molar-refractivity contribution in [2.24, 2.45) is 9.98 Å². The lowest BCUT2D eigenvalue weighted by Gasteiger charge is -2.11. The van der Waals surface area contributed by atoms with Crippen molar-refractivity contribution < 1.29 is 0 Å². The second-order valence-electron chi connectivity index (χ2n) is 5.35. The van der Waals surface area contributed by atoms with Gasteiger partial charge in [0.25, 0.3) is 0 Å². The Morgan fingerprint density at radius 2 is 2.17 bits per heavy atom. The monoisotopic (exact) mass is 334 g/mol. The summed E-state index contributed by atoms with van der Waals surface area (Å²) in [4.78, 5) is 12.8. The number of rotatable bonds is 10.